The molecule has 0 saturated carbocycles. The predicted octanol–water partition coefficient (Wildman–Crippen LogP) is 3.64. The monoisotopic (exact) mass is 460 g/mol. The lowest BCUT2D eigenvalue weighted by Gasteiger charge is -2.26. The van der Waals surface area contributed by atoms with Crippen LogP contribution in [-0.4, -0.2) is 40.7 Å². The Hall–Kier alpha value is -3.52. The molecule has 0 spiro atoms. The van der Waals surface area contributed by atoms with Crippen LogP contribution < -0.4 is 10.2 Å². The lowest BCUT2D eigenvalue weighted by molar-refractivity contribution is -0.122. The van der Waals surface area contributed by atoms with Gasteiger partial charge in [0.1, 0.15) is 0 Å². The van der Waals surface area contributed by atoms with Crippen LogP contribution in [-0.2, 0) is 22.6 Å². The van der Waals surface area contributed by atoms with Crippen molar-refractivity contribution < 1.29 is 14.4 Å². The van der Waals surface area contributed by atoms with Gasteiger partial charge in [0.15, 0.2) is 5.13 Å². The second-order valence-electron chi connectivity index (χ2n) is 8.46. The number of nitrogens with one attached hydrogen (secondary N) is 1. The smallest absolute Gasteiger partial charge is 0.254 e. The van der Waals surface area contributed by atoms with E-state index >= 15 is 0 Å². The van der Waals surface area contributed by atoms with Crippen molar-refractivity contribution >= 4 is 39.9 Å². The van der Waals surface area contributed by atoms with E-state index < -0.39 is 5.92 Å². The van der Waals surface area contributed by atoms with Crippen LogP contribution in [0.4, 0.5) is 10.8 Å². The van der Waals surface area contributed by atoms with Crippen molar-refractivity contribution in [3.8, 4) is 0 Å². The average Bonchev–Trinajstić information content (AvgIpc) is 3.42. The van der Waals surface area contributed by atoms with Gasteiger partial charge in [-0.3, -0.25) is 14.4 Å². The number of carbonyl (C=O) groups is 3. The maximum atomic E-state index is 12.9. The van der Waals surface area contributed by atoms with Gasteiger partial charge < -0.3 is 15.1 Å². The van der Waals surface area contributed by atoms with E-state index in [-0.39, 0.29) is 24.1 Å². The van der Waals surface area contributed by atoms with Gasteiger partial charge in [-0.25, -0.2) is 4.98 Å². The van der Waals surface area contributed by atoms with E-state index in [1.807, 2.05) is 66.4 Å². The zero-order chi connectivity index (χ0) is 22.9. The number of amides is 3. The van der Waals surface area contributed by atoms with Gasteiger partial charge in [-0.2, -0.15) is 0 Å². The van der Waals surface area contributed by atoms with Crippen molar-refractivity contribution in [3.63, 3.8) is 0 Å². The summed E-state index contributed by atoms with van der Waals surface area (Å²) in [6.07, 6.45) is 0.841. The zero-order valence-electron chi connectivity index (χ0n) is 18.3. The van der Waals surface area contributed by atoms with E-state index in [9.17, 15) is 14.4 Å². The van der Waals surface area contributed by atoms with Gasteiger partial charge in [-0.05, 0) is 31.2 Å². The summed E-state index contributed by atoms with van der Waals surface area (Å²) >= 11 is 1.40. The predicted molar refractivity (Wildman–Crippen MR) is 127 cm³/mol. The van der Waals surface area contributed by atoms with Crippen LogP contribution in [0.1, 0.15) is 32.9 Å². The van der Waals surface area contributed by atoms with Crippen LogP contribution in [0.5, 0.6) is 0 Å². The molecule has 2 aromatic carbocycles. The minimum Gasteiger partial charge on any atom is -0.333 e. The number of fused-ring (bicyclic) bond motifs is 1. The van der Waals surface area contributed by atoms with Crippen molar-refractivity contribution in [2.45, 2.75) is 26.3 Å². The zero-order valence-corrected chi connectivity index (χ0v) is 19.1. The Morgan fingerprint density at radius 2 is 1.85 bits per heavy atom. The van der Waals surface area contributed by atoms with Crippen molar-refractivity contribution in [1.82, 2.24) is 9.88 Å². The van der Waals surface area contributed by atoms with Crippen molar-refractivity contribution in [2.24, 2.45) is 5.92 Å². The lowest BCUT2D eigenvalue weighted by Crippen LogP contribution is -2.35. The molecule has 0 bridgehead atoms. The summed E-state index contributed by atoms with van der Waals surface area (Å²) in [4.78, 5) is 47.2. The number of anilines is 2. The summed E-state index contributed by atoms with van der Waals surface area (Å²) in [6.45, 7) is 3.44. The molecule has 3 aromatic rings. The normalized spacial score (nSPS) is 17.7. The second-order valence-corrected chi connectivity index (χ2v) is 9.55. The highest BCUT2D eigenvalue weighted by Gasteiger charge is 2.35. The Morgan fingerprint density at radius 3 is 2.61 bits per heavy atom. The number of benzene rings is 2. The van der Waals surface area contributed by atoms with Crippen LogP contribution in [0.3, 0.4) is 0 Å². The second kappa shape index (κ2) is 8.78. The van der Waals surface area contributed by atoms with Crippen LogP contribution >= 0.6 is 11.3 Å². The van der Waals surface area contributed by atoms with Gasteiger partial charge in [0, 0.05) is 42.1 Å². The first kappa shape index (κ1) is 21.3. The number of hydrogen-bond acceptors (Lipinski definition) is 5. The number of aryl methyl sites for hydroxylation is 1. The lowest BCUT2D eigenvalue weighted by atomic mass is 10.1. The van der Waals surface area contributed by atoms with Crippen LogP contribution in [0.15, 0.2) is 54.6 Å². The van der Waals surface area contributed by atoms with Gasteiger partial charge in [-0.15, -0.1) is 0 Å². The van der Waals surface area contributed by atoms with Crippen molar-refractivity contribution in [1.29, 1.82) is 0 Å². The molecular weight excluding hydrogens is 436 g/mol. The minimum atomic E-state index is -0.420. The standard InChI is InChI=1S/C25H24N4O3S/c1-16-7-9-19(10-8-16)29-14-18(13-22(29)30)23(31)27-25-26-20-11-12-28(15-21(20)33-25)24(32)17-5-3-2-4-6-17/h2-10,18H,11-15H2,1H3,(H,26,27,31). The summed E-state index contributed by atoms with van der Waals surface area (Å²) in [7, 11) is 0. The third kappa shape index (κ3) is 4.39. The molecule has 1 fully saturated rings. The average molecular weight is 461 g/mol. The fraction of sp³-hybridized carbons (Fsp3) is 0.280. The number of hydrogen-bond donors (Lipinski definition) is 1. The van der Waals surface area contributed by atoms with Gasteiger partial charge in [0.05, 0.1) is 18.2 Å². The summed E-state index contributed by atoms with van der Waals surface area (Å²) in [6, 6.07) is 17.0. The van der Waals surface area contributed by atoms with E-state index in [4.69, 9.17) is 0 Å². The van der Waals surface area contributed by atoms with Crippen molar-refractivity contribution in [2.75, 3.05) is 23.3 Å². The molecule has 5 rings (SSSR count). The van der Waals surface area contributed by atoms with Crippen LogP contribution in [0, 0.1) is 12.8 Å². The highest BCUT2D eigenvalue weighted by Crippen LogP contribution is 2.31. The molecule has 33 heavy (non-hydrogen) atoms. The first-order valence-electron chi connectivity index (χ1n) is 11.0. The molecule has 0 radical (unpaired) electrons. The highest BCUT2D eigenvalue weighted by molar-refractivity contribution is 7.15. The molecule has 1 N–H and O–H groups in total. The number of thiazole rings is 1. The topological polar surface area (TPSA) is 82.6 Å². The third-order valence-electron chi connectivity index (χ3n) is 6.11. The molecule has 168 valence electrons. The highest BCUT2D eigenvalue weighted by atomic mass is 32.1. The molecule has 1 aromatic heterocycles. The Balaban J connectivity index is 1.23. The van der Waals surface area contributed by atoms with E-state index in [0.717, 1.165) is 21.8 Å². The molecule has 2 aliphatic heterocycles. The number of aromatic nitrogens is 1. The van der Waals surface area contributed by atoms with E-state index in [0.29, 0.717) is 36.8 Å². The maximum absolute atomic E-state index is 12.9. The number of rotatable bonds is 4. The Morgan fingerprint density at radius 1 is 1.09 bits per heavy atom. The fourth-order valence-corrected chi connectivity index (χ4v) is 5.28. The quantitative estimate of drug-likeness (QED) is 0.644. The van der Waals surface area contributed by atoms with Gasteiger partial charge in [0.2, 0.25) is 11.8 Å². The van der Waals surface area contributed by atoms with Gasteiger partial charge in [0.25, 0.3) is 5.91 Å². The molecule has 1 unspecified atom stereocenters. The van der Waals surface area contributed by atoms with Gasteiger partial charge >= 0.3 is 0 Å². The molecule has 3 heterocycles. The van der Waals surface area contributed by atoms with Gasteiger partial charge in [-0.1, -0.05) is 47.2 Å². The maximum Gasteiger partial charge on any atom is 0.254 e. The summed E-state index contributed by atoms with van der Waals surface area (Å²) < 4.78 is 0. The molecule has 1 atom stereocenters. The number of carbonyl (C=O) groups excluding carboxylic acids is 3. The first-order chi connectivity index (χ1) is 16.0. The van der Waals surface area contributed by atoms with Crippen LogP contribution in [0.2, 0.25) is 0 Å². The van der Waals surface area contributed by atoms with Crippen molar-refractivity contribution in [3.05, 3.63) is 76.3 Å². The third-order valence-corrected chi connectivity index (χ3v) is 7.11. The van der Waals surface area contributed by atoms with Crippen LogP contribution in [0.25, 0.3) is 0 Å². The first-order valence-corrected chi connectivity index (χ1v) is 11.8. The van der Waals surface area contributed by atoms with E-state index in [1.165, 1.54) is 11.3 Å². The molecule has 7 nitrogen and oxygen atoms in total. The molecule has 0 aliphatic carbocycles. The molecule has 1 saturated heterocycles. The SMILES string of the molecule is Cc1ccc(N2CC(C(=O)Nc3nc4c(s3)CN(C(=O)c3ccccc3)CC4)CC2=O)cc1. The Kier molecular flexibility index (Phi) is 5.68. The summed E-state index contributed by atoms with van der Waals surface area (Å²) in [5.74, 6) is -0.662. The largest absolute Gasteiger partial charge is 0.333 e. The molecular formula is C25H24N4O3S. The minimum absolute atomic E-state index is 0.000834. The molecule has 8 heteroatoms. The fourth-order valence-electron chi connectivity index (χ4n) is 4.25. The molecule has 2 aliphatic rings. The molecule has 3 amide bonds. The Bertz CT molecular complexity index is 1210. The van der Waals surface area contributed by atoms with E-state index in [2.05, 4.69) is 10.3 Å². The summed E-state index contributed by atoms with van der Waals surface area (Å²) in [5, 5.41) is 3.43. The Labute approximate surface area is 196 Å². The summed E-state index contributed by atoms with van der Waals surface area (Å²) in [5.41, 5.74) is 3.53. The van der Waals surface area contributed by atoms with E-state index in [1.54, 1.807) is 4.90 Å². The number of nitrogens with zero attached hydrogens (tertiary/aromatic N) is 3.